The average molecular weight is 442 g/mol. The summed E-state index contributed by atoms with van der Waals surface area (Å²) >= 11 is 1.60. The van der Waals surface area contributed by atoms with Gasteiger partial charge >= 0.3 is 0 Å². The third-order valence-corrected chi connectivity index (χ3v) is 7.45. The highest BCUT2D eigenvalue weighted by Gasteiger charge is 2.28. The van der Waals surface area contributed by atoms with Crippen molar-refractivity contribution in [2.24, 2.45) is 0 Å². The van der Waals surface area contributed by atoms with Gasteiger partial charge in [0.25, 0.3) is 0 Å². The second-order valence-electron chi connectivity index (χ2n) is 7.75. The maximum Gasteiger partial charge on any atom is 0.241 e. The van der Waals surface area contributed by atoms with E-state index in [0.29, 0.717) is 12.2 Å². The smallest absolute Gasteiger partial charge is 0.241 e. The molecule has 1 aliphatic rings. The van der Waals surface area contributed by atoms with Crippen molar-refractivity contribution < 1.29 is 13.2 Å². The van der Waals surface area contributed by atoms with Crippen LogP contribution in [0.2, 0.25) is 0 Å². The zero-order chi connectivity index (χ0) is 21.3. The lowest BCUT2D eigenvalue weighted by Gasteiger charge is -2.33. The fourth-order valence-corrected chi connectivity index (χ4v) is 5.14. The molecular weight excluding hydrogens is 406 g/mol. The molecule has 0 bridgehead atoms. The van der Waals surface area contributed by atoms with Gasteiger partial charge in [-0.25, -0.2) is 8.42 Å². The minimum Gasteiger partial charge on any atom is -0.352 e. The van der Waals surface area contributed by atoms with Crippen molar-refractivity contribution in [3.63, 3.8) is 0 Å². The van der Waals surface area contributed by atoms with Gasteiger partial charge in [0.1, 0.15) is 6.04 Å². The first-order chi connectivity index (χ1) is 13.9. The average Bonchev–Trinajstić information content (AvgIpc) is 2.70. The number of piperidine rings is 1. The normalized spacial score (nSPS) is 17.2. The number of hydrogen-bond acceptors (Lipinski definition) is 5. The van der Waals surface area contributed by atoms with Crippen molar-refractivity contribution in [2.45, 2.75) is 62.9 Å². The van der Waals surface area contributed by atoms with E-state index in [9.17, 15) is 13.2 Å². The highest BCUT2D eigenvalue weighted by molar-refractivity contribution is 7.98. The van der Waals surface area contributed by atoms with Crippen LogP contribution in [0.5, 0.6) is 0 Å². The predicted octanol–water partition coefficient (Wildman–Crippen LogP) is 2.78. The Morgan fingerprint density at radius 1 is 1.24 bits per heavy atom. The third-order valence-electron chi connectivity index (χ3n) is 5.32. The van der Waals surface area contributed by atoms with Crippen molar-refractivity contribution in [3.8, 4) is 0 Å². The van der Waals surface area contributed by atoms with Crippen LogP contribution in [0.3, 0.4) is 0 Å². The van der Waals surface area contributed by atoms with Gasteiger partial charge in [-0.15, -0.1) is 0 Å². The van der Waals surface area contributed by atoms with Gasteiger partial charge in [0.2, 0.25) is 15.9 Å². The summed E-state index contributed by atoms with van der Waals surface area (Å²) in [4.78, 5) is 15.5. The number of thioether (sulfide) groups is 1. The number of unbranched alkanes of at least 4 members (excludes halogenated alkanes) is 1. The van der Waals surface area contributed by atoms with Crippen LogP contribution in [-0.2, 0) is 14.8 Å². The zero-order valence-corrected chi connectivity index (χ0v) is 19.4. The first-order valence-corrected chi connectivity index (χ1v) is 13.3. The quantitative estimate of drug-likeness (QED) is 0.552. The number of carbonyl (C=O) groups excluding carboxylic acids is 1. The van der Waals surface area contributed by atoms with Crippen LogP contribution < -0.4 is 10.0 Å². The molecule has 2 N–H and O–H groups in total. The molecule has 8 heteroatoms. The molecule has 1 saturated heterocycles. The van der Waals surface area contributed by atoms with Crippen molar-refractivity contribution >= 4 is 27.7 Å². The van der Waals surface area contributed by atoms with Crippen molar-refractivity contribution in [2.75, 3.05) is 31.6 Å². The summed E-state index contributed by atoms with van der Waals surface area (Å²) in [5, 5.41) is 3.09. The van der Waals surface area contributed by atoms with E-state index in [4.69, 9.17) is 0 Å². The molecule has 1 amide bonds. The predicted molar refractivity (Wildman–Crippen MR) is 121 cm³/mol. The van der Waals surface area contributed by atoms with Gasteiger partial charge in [0, 0.05) is 19.1 Å². The van der Waals surface area contributed by atoms with Crippen LogP contribution in [0, 0.1) is 6.92 Å². The minimum absolute atomic E-state index is 0.112. The Hall–Kier alpha value is -1.09. The van der Waals surface area contributed by atoms with Crippen LogP contribution in [0.1, 0.15) is 44.6 Å². The summed E-state index contributed by atoms with van der Waals surface area (Å²) in [6.07, 6.45) is 6.64. The van der Waals surface area contributed by atoms with E-state index >= 15 is 0 Å². The minimum atomic E-state index is -3.74. The van der Waals surface area contributed by atoms with Gasteiger partial charge in [-0.3, -0.25) is 4.79 Å². The maximum atomic E-state index is 12.9. The van der Waals surface area contributed by atoms with Gasteiger partial charge in [-0.05, 0) is 63.3 Å². The van der Waals surface area contributed by atoms with E-state index in [1.54, 1.807) is 36.0 Å². The molecule has 1 unspecified atom stereocenters. The summed E-state index contributed by atoms with van der Waals surface area (Å²) in [5.74, 6) is 0.492. The van der Waals surface area contributed by atoms with E-state index < -0.39 is 16.1 Å². The number of benzene rings is 1. The first-order valence-electron chi connectivity index (χ1n) is 10.5. The number of sulfonamides is 1. The molecule has 29 heavy (non-hydrogen) atoms. The highest BCUT2D eigenvalue weighted by atomic mass is 32.2. The van der Waals surface area contributed by atoms with E-state index in [1.807, 2.05) is 13.2 Å². The highest BCUT2D eigenvalue weighted by Crippen LogP contribution is 2.14. The molecule has 1 aromatic carbocycles. The van der Waals surface area contributed by atoms with Crippen LogP contribution in [0.4, 0.5) is 0 Å². The summed E-state index contributed by atoms with van der Waals surface area (Å²) in [6.45, 7) is 7.18. The zero-order valence-electron chi connectivity index (χ0n) is 17.8. The van der Waals surface area contributed by atoms with E-state index in [2.05, 4.69) is 21.9 Å². The SMILES string of the molecule is CCCCN1CCC(NC(=O)C(CCSC)NS(=O)(=O)c2ccc(C)cc2)CC1. The molecule has 6 nitrogen and oxygen atoms in total. The second kappa shape index (κ2) is 11.9. The number of amides is 1. The van der Waals surface area contributed by atoms with Crippen LogP contribution >= 0.6 is 11.8 Å². The Balaban J connectivity index is 1.96. The first kappa shape index (κ1) is 24.2. The van der Waals surface area contributed by atoms with Crippen molar-refractivity contribution in [1.82, 2.24) is 14.9 Å². The molecule has 0 aliphatic carbocycles. The summed E-state index contributed by atoms with van der Waals surface area (Å²) in [7, 11) is -3.74. The Morgan fingerprint density at radius 2 is 1.90 bits per heavy atom. The molecule has 0 spiro atoms. The Kier molecular flexibility index (Phi) is 9.95. The maximum absolute atomic E-state index is 12.9. The molecule has 1 aliphatic heterocycles. The van der Waals surface area contributed by atoms with Crippen molar-refractivity contribution in [1.29, 1.82) is 0 Å². The van der Waals surface area contributed by atoms with E-state index in [-0.39, 0.29) is 16.8 Å². The summed E-state index contributed by atoms with van der Waals surface area (Å²) in [5.41, 5.74) is 0.992. The summed E-state index contributed by atoms with van der Waals surface area (Å²) in [6, 6.07) is 6.03. The lowest BCUT2D eigenvalue weighted by Crippen LogP contribution is -2.52. The molecule has 1 aromatic rings. The lowest BCUT2D eigenvalue weighted by molar-refractivity contribution is -0.123. The van der Waals surface area contributed by atoms with Crippen LogP contribution in [-0.4, -0.2) is 63.0 Å². The molecule has 1 heterocycles. The third kappa shape index (κ3) is 7.92. The number of hydrogen-bond donors (Lipinski definition) is 2. The van der Waals surface area contributed by atoms with Crippen LogP contribution in [0.15, 0.2) is 29.2 Å². The monoisotopic (exact) mass is 441 g/mol. The van der Waals surface area contributed by atoms with Gasteiger partial charge in [-0.1, -0.05) is 31.0 Å². The molecule has 1 fully saturated rings. The molecule has 0 saturated carbocycles. The second-order valence-corrected chi connectivity index (χ2v) is 10.4. The molecular formula is C21H35N3O3S2. The topological polar surface area (TPSA) is 78.5 Å². The molecule has 164 valence electrons. The Labute approximate surface area is 180 Å². The molecule has 0 aromatic heterocycles. The molecule has 1 atom stereocenters. The lowest BCUT2D eigenvalue weighted by atomic mass is 10.0. The van der Waals surface area contributed by atoms with Crippen LogP contribution in [0.25, 0.3) is 0 Å². The fourth-order valence-electron chi connectivity index (χ4n) is 3.44. The standard InChI is InChI=1S/C21H35N3O3S2/c1-4-5-13-24-14-10-18(11-15-24)22-21(25)20(12-16-28-3)23-29(26,27)19-8-6-17(2)7-9-19/h6-9,18,20,23H,4-5,10-16H2,1-3H3,(H,22,25). The number of nitrogens with one attached hydrogen (secondary N) is 2. The number of carbonyl (C=O) groups is 1. The molecule has 0 radical (unpaired) electrons. The Bertz CT molecular complexity index is 730. The van der Waals surface area contributed by atoms with Gasteiger partial charge in [0.05, 0.1) is 4.90 Å². The fraction of sp³-hybridized carbons (Fsp3) is 0.667. The summed E-state index contributed by atoms with van der Waals surface area (Å²) < 4.78 is 28.1. The Morgan fingerprint density at radius 3 is 2.48 bits per heavy atom. The number of aryl methyl sites for hydroxylation is 1. The van der Waals surface area contributed by atoms with Crippen molar-refractivity contribution in [3.05, 3.63) is 29.8 Å². The largest absolute Gasteiger partial charge is 0.352 e. The van der Waals surface area contributed by atoms with Gasteiger partial charge in [-0.2, -0.15) is 16.5 Å². The van der Waals surface area contributed by atoms with E-state index in [1.165, 1.54) is 12.8 Å². The number of nitrogens with zero attached hydrogens (tertiary/aromatic N) is 1. The molecule has 2 rings (SSSR count). The van der Waals surface area contributed by atoms with E-state index in [0.717, 1.165) is 38.0 Å². The number of likely N-dealkylation sites (tertiary alicyclic amines) is 1. The number of rotatable bonds is 11. The van der Waals surface area contributed by atoms with Gasteiger partial charge < -0.3 is 10.2 Å². The van der Waals surface area contributed by atoms with Gasteiger partial charge in [0.15, 0.2) is 0 Å².